The van der Waals surface area contributed by atoms with Crippen molar-refractivity contribution in [2.75, 3.05) is 32.1 Å². The molecule has 0 aromatic carbocycles. The maximum atomic E-state index is 12.9. The summed E-state index contributed by atoms with van der Waals surface area (Å²) < 4.78 is 12.9. The minimum Gasteiger partial charge on any atom is -0.478 e. The number of carbonyl (C=O) groups is 1. The molecule has 0 bridgehead atoms. The average molecular weight is 241 g/mol. The van der Waals surface area contributed by atoms with Crippen molar-refractivity contribution >= 4 is 11.8 Å². The molecule has 0 aliphatic rings. The third-order valence-corrected chi connectivity index (χ3v) is 2.35. The average Bonchev–Trinajstić information content (AvgIpc) is 2.29. The van der Waals surface area contributed by atoms with E-state index in [2.05, 4.69) is 10.3 Å². The van der Waals surface area contributed by atoms with Crippen LogP contribution in [0.4, 0.5) is 10.2 Å². The lowest BCUT2D eigenvalue weighted by molar-refractivity contribution is 0.0696. The molecule has 0 radical (unpaired) electrons. The molecule has 0 aliphatic heterocycles. The van der Waals surface area contributed by atoms with E-state index in [1.807, 2.05) is 7.05 Å². The van der Waals surface area contributed by atoms with E-state index in [0.717, 1.165) is 25.2 Å². The summed E-state index contributed by atoms with van der Waals surface area (Å²) in [5.74, 6) is -1.53. The van der Waals surface area contributed by atoms with Crippen molar-refractivity contribution in [1.82, 2.24) is 10.3 Å². The molecule has 0 unspecified atom stereocenters. The van der Waals surface area contributed by atoms with E-state index in [0.29, 0.717) is 6.54 Å². The molecule has 0 amide bonds. The lowest BCUT2D eigenvalue weighted by atomic mass is 10.2. The fourth-order valence-electron chi connectivity index (χ4n) is 1.49. The SMILES string of the molecule is CNCCCN(C)c1ncc(F)cc1C(=O)O. The lowest BCUT2D eigenvalue weighted by Gasteiger charge is -2.19. The van der Waals surface area contributed by atoms with Gasteiger partial charge < -0.3 is 15.3 Å². The van der Waals surface area contributed by atoms with Gasteiger partial charge in [-0.3, -0.25) is 0 Å². The van der Waals surface area contributed by atoms with E-state index < -0.39 is 11.8 Å². The predicted octanol–water partition coefficient (Wildman–Crippen LogP) is 0.965. The van der Waals surface area contributed by atoms with E-state index in [9.17, 15) is 9.18 Å². The van der Waals surface area contributed by atoms with Gasteiger partial charge in [0.15, 0.2) is 0 Å². The van der Waals surface area contributed by atoms with Gasteiger partial charge in [-0.2, -0.15) is 0 Å². The Hall–Kier alpha value is -1.69. The minimum atomic E-state index is -1.17. The molecule has 0 spiro atoms. The molecule has 94 valence electrons. The Labute approximate surface area is 99.3 Å². The van der Waals surface area contributed by atoms with Gasteiger partial charge in [0.25, 0.3) is 0 Å². The largest absolute Gasteiger partial charge is 0.478 e. The number of pyridine rings is 1. The van der Waals surface area contributed by atoms with Crippen LogP contribution >= 0.6 is 0 Å². The zero-order valence-electron chi connectivity index (χ0n) is 9.90. The molecule has 17 heavy (non-hydrogen) atoms. The molecule has 0 atom stereocenters. The number of hydrogen-bond acceptors (Lipinski definition) is 4. The Morgan fingerprint density at radius 2 is 2.35 bits per heavy atom. The zero-order valence-corrected chi connectivity index (χ0v) is 9.90. The number of hydrogen-bond donors (Lipinski definition) is 2. The van der Waals surface area contributed by atoms with Crippen molar-refractivity contribution in [2.45, 2.75) is 6.42 Å². The number of halogens is 1. The summed E-state index contributed by atoms with van der Waals surface area (Å²) in [7, 11) is 3.58. The van der Waals surface area contributed by atoms with Crippen LogP contribution in [0.25, 0.3) is 0 Å². The van der Waals surface area contributed by atoms with Gasteiger partial charge in [0.05, 0.1) is 6.20 Å². The van der Waals surface area contributed by atoms with Crippen LogP contribution in [0, 0.1) is 5.82 Å². The van der Waals surface area contributed by atoms with Gasteiger partial charge in [-0.1, -0.05) is 0 Å². The first-order valence-corrected chi connectivity index (χ1v) is 5.31. The van der Waals surface area contributed by atoms with E-state index in [4.69, 9.17) is 5.11 Å². The number of nitrogens with one attached hydrogen (secondary N) is 1. The first-order valence-electron chi connectivity index (χ1n) is 5.31. The normalized spacial score (nSPS) is 10.3. The molecular formula is C11H16FN3O2. The number of anilines is 1. The molecule has 1 aromatic rings. The summed E-state index contributed by atoms with van der Waals surface area (Å²) in [6.45, 7) is 1.48. The van der Waals surface area contributed by atoms with Crippen molar-refractivity contribution in [2.24, 2.45) is 0 Å². The van der Waals surface area contributed by atoms with E-state index >= 15 is 0 Å². The summed E-state index contributed by atoms with van der Waals surface area (Å²) >= 11 is 0. The summed E-state index contributed by atoms with van der Waals surface area (Å²) in [5.41, 5.74) is -0.114. The Bertz CT molecular complexity index is 398. The van der Waals surface area contributed by atoms with Crippen LogP contribution in [0.5, 0.6) is 0 Å². The van der Waals surface area contributed by atoms with Gasteiger partial charge in [-0.05, 0) is 26.1 Å². The second-order valence-corrected chi connectivity index (χ2v) is 3.71. The standard InChI is InChI=1S/C11H16FN3O2/c1-13-4-3-5-15(2)10-9(11(16)17)6-8(12)7-14-10/h6-7,13H,3-5H2,1-2H3,(H,16,17). The van der Waals surface area contributed by atoms with E-state index in [-0.39, 0.29) is 11.4 Å². The number of nitrogens with zero attached hydrogens (tertiary/aromatic N) is 2. The Kier molecular flexibility index (Phi) is 4.84. The smallest absolute Gasteiger partial charge is 0.339 e. The fourth-order valence-corrected chi connectivity index (χ4v) is 1.49. The van der Waals surface area contributed by atoms with Crippen LogP contribution in [0.3, 0.4) is 0 Å². The van der Waals surface area contributed by atoms with Crippen LogP contribution in [0.1, 0.15) is 16.8 Å². The molecule has 1 heterocycles. The summed E-state index contributed by atoms with van der Waals surface area (Å²) in [6, 6.07) is 0.985. The lowest BCUT2D eigenvalue weighted by Crippen LogP contribution is -2.25. The van der Waals surface area contributed by atoms with Gasteiger partial charge in [0.1, 0.15) is 17.2 Å². The van der Waals surface area contributed by atoms with Crippen LogP contribution in [0.2, 0.25) is 0 Å². The second-order valence-electron chi connectivity index (χ2n) is 3.71. The molecule has 0 saturated carbocycles. The van der Waals surface area contributed by atoms with Crippen LogP contribution in [-0.2, 0) is 0 Å². The third kappa shape index (κ3) is 3.67. The second kappa shape index (κ2) is 6.15. The number of carboxylic acid groups (broad SMARTS) is 1. The molecule has 1 rings (SSSR count). The van der Waals surface area contributed by atoms with Gasteiger partial charge in [0, 0.05) is 13.6 Å². The van der Waals surface area contributed by atoms with Crippen LogP contribution in [0.15, 0.2) is 12.3 Å². The first-order chi connectivity index (χ1) is 8.06. The van der Waals surface area contributed by atoms with Crippen molar-refractivity contribution < 1.29 is 14.3 Å². The van der Waals surface area contributed by atoms with Gasteiger partial charge in [-0.15, -0.1) is 0 Å². The van der Waals surface area contributed by atoms with Crippen molar-refractivity contribution in [1.29, 1.82) is 0 Å². The topological polar surface area (TPSA) is 65.5 Å². The highest BCUT2D eigenvalue weighted by Crippen LogP contribution is 2.17. The zero-order chi connectivity index (χ0) is 12.8. The number of rotatable bonds is 6. The molecule has 6 heteroatoms. The quantitative estimate of drug-likeness (QED) is 0.726. The molecule has 0 saturated heterocycles. The highest BCUT2D eigenvalue weighted by molar-refractivity contribution is 5.93. The van der Waals surface area contributed by atoms with Crippen LogP contribution < -0.4 is 10.2 Å². The molecule has 0 aliphatic carbocycles. The van der Waals surface area contributed by atoms with Crippen molar-refractivity contribution in [3.63, 3.8) is 0 Å². The molecule has 0 fully saturated rings. The number of aromatic nitrogens is 1. The monoisotopic (exact) mass is 241 g/mol. The number of aromatic carboxylic acids is 1. The molecule has 5 nitrogen and oxygen atoms in total. The van der Waals surface area contributed by atoms with Crippen molar-refractivity contribution in [3.05, 3.63) is 23.6 Å². The fraction of sp³-hybridized carbons (Fsp3) is 0.455. The highest BCUT2D eigenvalue weighted by atomic mass is 19.1. The van der Waals surface area contributed by atoms with Crippen molar-refractivity contribution in [3.8, 4) is 0 Å². The predicted molar refractivity (Wildman–Crippen MR) is 63.0 cm³/mol. The number of carboxylic acids is 1. The summed E-state index contributed by atoms with van der Waals surface area (Å²) in [4.78, 5) is 16.5. The minimum absolute atomic E-state index is 0.114. The first kappa shape index (κ1) is 13.4. The molecule has 2 N–H and O–H groups in total. The van der Waals surface area contributed by atoms with Gasteiger partial charge in [-0.25, -0.2) is 14.2 Å². The maximum Gasteiger partial charge on any atom is 0.339 e. The van der Waals surface area contributed by atoms with Crippen LogP contribution in [-0.4, -0.2) is 43.2 Å². The summed E-state index contributed by atoms with van der Waals surface area (Å²) in [6.07, 6.45) is 1.88. The van der Waals surface area contributed by atoms with E-state index in [1.165, 1.54) is 0 Å². The molecular weight excluding hydrogens is 225 g/mol. The molecule has 1 aromatic heterocycles. The maximum absolute atomic E-state index is 12.9. The Morgan fingerprint density at radius 3 is 2.94 bits per heavy atom. The Balaban J connectivity index is 2.84. The van der Waals surface area contributed by atoms with Gasteiger partial charge in [0.2, 0.25) is 0 Å². The summed E-state index contributed by atoms with van der Waals surface area (Å²) in [5, 5.41) is 12.0. The van der Waals surface area contributed by atoms with Gasteiger partial charge >= 0.3 is 5.97 Å². The van der Waals surface area contributed by atoms with E-state index in [1.54, 1.807) is 11.9 Å². The highest BCUT2D eigenvalue weighted by Gasteiger charge is 2.15. The third-order valence-electron chi connectivity index (χ3n) is 2.35. The Morgan fingerprint density at radius 1 is 1.65 bits per heavy atom.